The number of sulfonamides is 1. The first-order chi connectivity index (χ1) is 9.08. The summed E-state index contributed by atoms with van der Waals surface area (Å²) in [6.07, 6.45) is 2.91. The number of carbonyl (C=O) groups excluding carboxylic acids is 1. The van der Waals surface area contributed by atoms with Gasteiger partial charge in [0.25, 0.3) is 15.9 Å². The lowest BCUT2D eigenvalue weighted by Gasteiger charge is -2.07. The van der Waals surface area contributed by atoms with Crippen molar-refractivity contribution in [3.63, 3.8) is 0 Å². The molecule has 7 nitrogen and oxygen atoms in total. The van der Waals surface area contributed by atoms with E-state index in [2.05, 4.69) is 9.97 Å². The second-order valence-corrected chi connectivity index (χ2v) is 6.42. The van der Waals surface area contributed by atoms with Gasteiger partial charge in [0.1, 0.15) is 11.5 Å². The van der Waals surface area contributed by atoms with Crippen LogP contribution in [-0.4, -0.2) is 28.9 Å². The summed E-state index contributed by atoms with van der Waals surface area (Å²) in [5.41, 5.74) is 1.56. The van der Waals surface area contributed by atoms with Crippen molar-refractivity contribution in [2.75, 3.05) is 0 Å². The zero-order valence-corrected chi connectivity index (χ0v) is 11.4. The Morgan fingerprint density at radius 3 is 3.00 bits per heavy atom. The monoisotopic (exact) mass is 298 g/mol. The van der Waals surface area contributed by atoms with Crippen molar-refractivity contribution in [1.82, 2.24) is 19.3 Å². The highest BCUT2D eigenvalue weighted by molar-refractivity contribution is 7.90. The molecular formula is C10H10N4O3S2. The van der Waals surface area contributed by atoms with Gasteiger partial charge in [0, 0.05) is 18.3 Å². The molecule has 1 amide bonds. The highest BCUT2D eigenvalue weighted by atomic mass is 32.2. The lowest BCUT2D eigenvalue weighted by atomic mass is 10.4. The van der Waals surface area contributed by atoms with Gasteiger partial charge in [-0.05, 0) is 6.42 Å². The van der Waals surface area contributed by atoms with E-state index in [0.29, 0.717) is 6.54 Å². The molecule has 3 rings (SSSR count). The Bertz CT molecular complexity index is 718. The number of fused-ring (bicyclic) bond motifs is 1. The number of nitrogens with zero attached hydrogens (tertiary/aromatic N) is 3. The number of nitrogens with one attached hydrogen (secondary N) is 1. The first-order valence-electron chi connectivity index (χ1n) is 5.58. The summed E-state index contributed by atoms with van der Waals surface area (Å²) < 4.78 is 27.9. The number of aromatic nitrogens is 3. The third-order valence-corrected chi connectivity index (χ3v) is 4.77. The Kier molecular flexibility index (Phi) is 2.86. The number of carbonyl (C=O) groups is 1. The molecule has 3 heterocycles. The summed E-state index contributed by atoms with van der Waals surface area (Å²) in [7, 11) is -3.90. The van der Waals surface area contributed by atoms with Crippen LogP contribution in [0.3, 0.4) is 0 Å². The van der Waals surface area contributed by atoms with E-state index in [9.17, 15) is 13.2 Å². The molecule has 19 heavy (non-hydrogen) atoms. The molecule has 0 saturated carbocycles. The lowest BCUT2D eigenvalue weighted by molar-refractivity contribution is 0.0977. The quantitative estimate of drug-likeness (QED) is 0.885. The average molecular weight is 298 g/mol. The molecule has 0 unspecified atom stereocenters. The summed E-state index contributed by atoms with van der Waals surface area (Å²) in [5, 5.41) is 1.52. The molecule has 0 atom stereocenters. The Balaban J connectivity index is 1.89. The van der Waals surface area contributed by atoms with E-state index in [0.717, 1.165) is 18.7 Å². The molecule has 1 N–H and O–H groups in total. The van der Waals surface area contributed by atoms with Gasteiger partial charge >= 0.3 is 0 Å². The van der Waals surface area contributed by atoms with Crippen LogP contribution in [0, 0.1) is 0 Å². The van der Waals surface area contributed by atoms with Crippen LogP contribution in [0.25, 0.3) is 0 Å². The maximum Gasteiger partial charge on any atom is 0.284 e. The van der Waals surface area contributed by atoms with Crippen molar-refractivity contribution < 1.29 is 13.2 Å². The standard InChI is InChI=1S/C10H10N4O3S2/c15-10(7-5-18-6-12-7)13-19(16,17)9-4-11-8-2-1-3-14(8)9/h4-6H,1-3H2,(H,13,15). The van der Waals surface area contributed by atoms with Crippen LogP contribution in [0.1, 0.15) is 22.7 Å². The second kappa shape index (κ2) is 4.42. The molecule has 0 aliphatic carbocycles. The number of amides is 1. The van der Waals surface area contributed by atoms with Crippen molar-refractivity contribution in [3.05, 3.63) is 28.6 Å². The topological polar surface area (TPSA) is 94.0 Å². The number of thiazole rings is 1. The number of hydrogen-bond donors (Lipinski definition) is 1. The number of imidazole rings is 1. The van der Waals surface area contributed by atoms with Crippen LogP contribution >= 0.6 is 11.3 Å². The third-order valence-electron chi connectivity index (χ3n) is 2.85. The predicted octanol–water partition coefficient (Wildman–Crippen LogP) is 0.404. The van der Waals surface area contributed by atoms with Crippen molar-refractivity contribution >= 4 is 27.3 Å². The Labute approximate surface area is 113 Å². The summed E-state index contributed by atoms with van der Waals surface area (Å²) in [6, 6.07) is 0. The van der Waals surface area contributed by atoms with Gasteiger partial charge in [-0.2, -0.15) is 8.42 Å². The van der Waals surface area contributed by atoms with Crippen LogP contribution in [0.5, 0.6) is 0 Å². The predicted molar refractivity (Wildman–Crippen MR) is 67.3 cm³/mol. The molecule has 0 radical (unpaired) electrons. The smallest absolute Gasteiger partial charge is 0.284 e. The van der Waals surface area contributed by atoms with Crippen LogP contribution in [-0.2, 0) is 23.0 Å². The van der Waals surface area contributed by atoms with Gasteiger partial charge in [-0.15, -0.1) is 11.3 Å². The van der Waals surface area contributed by atoms with Crippen LogP contribution in [0.15, 0.2) is 22.1 Å². The van der Waals surface area contributed by atoms with Crippen molar-refractivity contribution in [2.45, 2.75) is 24.4 Å². The first kappa shape index (κ1) is 12.3. The average Bonchev–Trinajstić information content (AvgIpc) is 3.05. The molecule has 0 bridgehead atoms. The summed E-state index contributed by atoms with van der Waals surface area (Å²) in [5.74, 6) is 0.0104. The Hall–Kier alpha value is -1.74. The SMILES string of the molecule is O=C(NS(=O)(=O)c1cnc2n1CCC2)c1cscn1. The zero-order valence-electron chi connectivity index (χ0n) is 9.74. The largest absolute Gasteiger partial charge is 0.318 e. The minimum atomic E-state index is -3.90. The maximum absolute atomic E-state index is 12.1. The molecule has 2 aromatic rings. The van der Waals surface area contributed by atoms with E-state index < -0.39 is 15.9 Å². The van der Waals surface area contributed by atoms with Crippen molar-refractivity contribution in [1.29, 1.82) is 0 Å². The first-order valence-corrected chi connectivity index (χ1v) is 8.00. The van der Waals surface area contributed by atoms with Crippen molar-refractivity contribution in [3.8, 4) is 0 Å². The lowest BCUT2D eigenvalue weighted by Crippen LogP contribution is -2.32. The molecule has 0 aromatic carbocycles. The molecule has 9 heteroatoms. The van der Waals surface area contributed by atoms with Gasteiger partial charge in [0.05, 0.1) is 11.7 Å². The van der Waals surface area contributed by atoms with Crippen LogP contribution in [0.2, 0.25) is 0 Å². The fourth-order valence-corrected chi connectivity index (χ4v) is 3.66. The van der Waals surface area contributed by atoms with Gasteiger partial charge in [0.15, 0.2) is 5.03 Å². The molecule has 0 saturated heterocycles. The third kappa shape index (κ3) is 2.15. The second-order valence-electron chi connectivity index (χ2n) is 4.08. The number of rotatable bonds is 3. The minimum absolute atomic E-state index is 0.0311. The number of aryl methyl sites for hydroxylation is 1. The molecule has 2 aromatic heterocycles. The van der Waals surface area contributed by atoms with Gasteiger partial charge in [0.2, 0.25) is 0 Å². The maximum atomic E-state index is 12.1. The molecule has 1 aliphatic rings. The van der Waals surface area contributed by atoms with E-state index in [-0.39, 0.29) is 10.7 Å². The highest BCUT2D eigenvalue weighted by Gasteiger charge is 2.27. The highest BCUT2D eigenvalue weighted by Crippen LogP contribution is 2.19. The van der Waals surface area contributed by atoms with Crippen molar-refractivity contribution in [2.24, 2.45) is 0 Å². The van der Waals surface area contributed by atoms with E-state index in [1.54, 1.807) is 4.57 Å². The summed E-state index contributed by atoms with van der Waals surface area (Å²) >= 11 is 1.23. The molecular weight excluding hydrogens is 288 g/mol. The van der Waals surface area contributed by atoms with E-state index >= 15 is 0 Å². The van der Waals surface area contributed by atoms with Crippen LogP contribution < -0.4 is 4.72 Å². The van der Waals surface area contributed by atoms with Gasteiger partial charge in [-0.25, -0.2) is 14.7 Å². The normalized spacial score (nSPS) is 14.3. The summed E-state index contributed by atoms with van der Waals surface area (Å²) in [4.78, 5) is 19.6. The number of hydrogen-bond acceptors (Lipinski definition) is 6. The van der Waals surface area contributed by atoms with E-state index in [4.69, 9.17) is 0 Å². The van der Waals surface area contributed by atoms with E-state index in [1.807, 2.05) is 4.72 Å². The Morgan fingerprint density at radius 2 is 2.26 bits per heavy atom. The van der Waals surface area contributed by atoms with Gasteiger partial charge in [-0.3, -0.25) is 4.79 Å². The molecule has 0 fully saturated rings. The van der Waals surface area contributed by atoms with E-state index in [1.165, 1.54) is 28.4 Å². The van der Waals surface area contributed by atoms with Gasteiger partial charge < -0.3 is 4.57 Å². The molecule has 0 spiro atoms. The fraction of sp³-hybridized carbons (Fsp3) is 0.300. The molecule has 1 aliphatic heterocycles. The van der Waals surface area contributed by atoms with Crippen LogP contribution in [0.4, 0.5) is 0 Å². The Morgan fingerprint density at radius 1 is 1.42 bits per heavy atom. The minimum Gasteiger partial charge on any atom is -0.318 e. The fourth-order valence-electron chi connectivity index (χ4n) is 2.00. The summed E-state index contributed by atoms with van der Waals surface area (Å²) in [6.45, 7) is 0.608. The van der Waals surface area contributed by atoms with Gasteiger partial charge in [-0.1, -0.05) is 0 Å². The molecule has 100 valence electrons. The zero-order chi connectivity index (χ0) is 13.5.